The van der Waals surface area contributed by atoms with E-state index in [2.05, 4.69) is 15.8 Å². The largest absolute Gasteiger partial charge is 0.508 e. The molecule has 2 amide bonds. The summed E-state index contributed by atoms with van der Waals surface area (Å²) in [5.41, 5.74) is 3.20. The lowest BCUT2D eigenvalue weighted by Gasteiger charge is -2.05. The molecule has 0 aromatic heterocycles. The minimum atomic E-state index is -0.484. The number of hydrazone groups is 1. The quantitative estimate of drug-likeness (QED) is 0.577. The molecule has 3 N–H and O–H groups in total. The second-order valence-electron chi connectivity index (χ2n) is 4.55. The molecule has 0 bridgehead atoms. The van der Waals surface area contributed by atoms with E-state index in [1.807, 2.05) is 0 Å². The molecule has 0 spiro atoms. The van der Waals surface area contributed by atoms with Gasteiger partial charge in [-0.05, 0) is 29.8 Å². The lowest BCUT2D eigenvalue weighted by atomic mass is 10.2. The average molecular weight is 332 g/mol. The number of nitrogens with zero attached hydrogens (tertiary/aromatic N) is 1. The molecule has 0 fully saturated rings. The normalized spacial score (nSPS) is 10.5. The van der Waals surface area contributed by atoms with Crippen LogP contribution in [0.15, 0.2) is 53.6 Å². The van der Waals surface area contributed by atoms with Gasteiger partial charge in [0.2, 0.25) is 0 Å². The van der Waals surface area contributed by atoms with Gasteiger partial charge in [0, 0.05) is 0 Å². The predicted molar refractivity (Wildman–Crippen MR) is 87.6 cm³/mol. The van der Waals surface area contributed by atoms with Crippen LogP contribution in [0.25, 0.3) is 0 Å². The van der Waals surface area contributed by atoms with Gasteiger partial charge in [0.25, 0.3) is 11.8 Å². The molecular formula is C16H14ClN3O3. The minimum Gasteiger partial charge on any atom is -0.508 e. The van der Waals surface area contributed by atoms with Crippen LogP contribution in [-0.4, -0.2) is 29.7 Å². The monoisotopic (exact) mass is 331 g/mol. The molecule has 0 aliphatic carbocycles. The smallest absolute Gasteiger partial charge is 0.259 e. The van der Waals surface area contributed by atoms with Crippen molar-refractivity contribution in [2.45, 2.75) is 0 Å². The van der Waals surface area contributed by atoms with Gasteiger partial charge in [-0.1, -0.05) is 35.9 Å². The summed E-state index contributed by atoms with van der Waals surface area (Å²) in [7, 11) is 0. The van der Waals surface area contributed by atoms with E-state index in [9.17, 15) is 14.7 Å². The third-order valence-electron chi connectivity index (χ3n) is 2.80. The highest BCUT2D eigenvalue weighted by molar-refractivity contribution is 6.33. The number of phenolic OH excluding ortho intramolecular Hbond substituents is 1. The van der Waals surface area contributed by atoms with E-state index in [0.29, 0.717) is 16.1 Å². The predicted octanol–water partition coefficient (Wildman–Crippen LogP) is 1.93. The maximum Gasteiger partial charge on any atom is 0.259 e. The van der Waals surface area contributed by atoms with Crippen molar-refractivity contribution in [1.29, 1.82) is 0 Å². The summed E-state index contributed by atoms with van der Waals surface area (Å²) >= 11 is 5.89. The van der Waals surface area contributed by atoms with E-state index in [1.54, 1.807) is 36.4 Å². The fourth-order valence-corrected chi connectivity index (χ4v) is 1.95. The molecule has 0 heterocycles. The molecule has 118 valence electrons. The van der Waals surface area contributed by atoms with Gasteiger partial charge in [0.05, 0.1) is 23.3 Å². The van der Waals surface area contributed by atoms with E-state index in [4.69, 9.17) is 11.6 Å². The topological polar surface area (TPSA) is 90.8 Å². The molecule has 7 heteroatoms. The molecule has 0 aliphatic rings. The van der Waals surface area contributed by atoms with Crippen molar-refractivity contribution in [2.24, 2.45) is 5.10 Å². The Balaban J connectivity index is 1.81. The minimum absolute atomic E-state index is 0.104. The van der Waals surface area contributed by atoms with Crippen LogP contribution in [0.4, 0.5) is 0 Å². The van der Waals surface area contributed by atoms with Gasteiger partial charge in [-0.2, -0.15) is 5.10 Å². The Morgan fingerprint density at radius 2 is 1.96 bits per heavy atom. The van der Waals surface area contributed by atoms with Gasteiger partial charge in [-0.15, -0.1) is 0 Å². The molecular weight excluding hydrogens is 318 g/mol. The number of rotatable bonds is 5. The Morgan fingerprint density at radius 3 is 2.70 bits per heavy atom. The van der Waals surface area contributed by atoms with E-state index in [1.165, 1.54) is 18.3 Å². The van der Waals surface area contributed by atoms with Crippen molar-refractivity contribution in [2.75, 3.05) is 6.54 Å². The molecule has 0 saturated heterocycles. The molecule has 0 unspecified atom stereocenters. The SMILES string of the molecule is O=C(CNC(=O)c1ccccc1Cl)N/N=C\c1cccc(O)c1. The molecule has 2 rings (SSSR count). The summed E-state index contributed by atoms with van der Waals surface area (Å²) in [6.07, 6.45) is 1.38. The Hall–Kier alpha value is -2.86. The van der Waals surface area contributed by atoms with Gasteiger partial charge >= 0.3 is 0 Å². The second-order valence-corrected chi connectivity index (χ2v) is 4.96. The average Bonchev–Trinajstić information content (AvgIpc) is 2.53. The Morgan fingerprint density at radius 1 is 1.17 bits per heavy atom. The van der Waals surface area contributed by atoms with Crippen LogP contribution in [0.1, 0.15) is 15.9 Å². The Labute approximate surface area is 137 Å². The van der Waals surface area contributed by atoms with Crippen molar-refractivity contribution < 1.29 is 14.7 Å². The zero-order valence-electron chi connectivity index (χ0n) is 12.0. The Kier molecular flexibility index (Phi) is 5.71. The third kappa shape index (κ3) is 5.12. The van der Waals surface area contributed by atoms with E-state index >= 15 is 0 Å². The van der Waals surface area contributed by atoms with E-state index in [0.717, 1.165) is 0 Å². The van der Waals surface area contributed by atoms with Gasteiger partial charge in [-0.3, -0.25) is 9.59 Å². The van der Waals surface area contributed by atoms with Crippen molar-refractivity contribution in [1.82, 2.24) is 10.7 Å². The van der Waals surface area contributed by atoms with Crippen LogP contribution in [0, 0.1) is 0 Å². The highest BCUT2D eigenvalue weighted by Gasteiger charge is 2.10. The molecule has 0 radical (unpaired) electrons. The van der Waals surface area contributed by atoms with Crippen LogP contribution in [0.2, 0.25) is 5.02 Å². The zero-order chi connectivity index (χ0) is 16.7. The van der Waals surface area contributed by atoms with Crippen molar-refractivity contribution in [3.8, 4) is 5.75 Å². The molecule has 6 nitrogen and oxygen atoms in total. The molecule has 2 aromatic carbocycles. The molecule has 0 aliphatic heterocycles. The van der Waals surface area contributed by atoms with Gasteiger partial charge < -0.3 is 10.4 Å². The number of halogens is 1. The number of nitrogens with one attached hydrogen (secondary N) is 2. The highest BCUT2D eigenvalue weighted by atomic mass is 35.5. The molecule has 2 aromatic rings. The van der Waals surface area contributed by atoms with Crippen LogP contribution in [-0.2, 0) is 4.79 Å². The summed E-state index contributed by atoms with van der Waals surface area (Å²) in [5, 5.41) is 15.8. The highest BCUT2D eigenvalue weighted by Crippen LogP contribution is 2.14. The standard InChI is InChI=1S/C16H14ClN3O3/c17-14-7-2-1-6-13(14)16(23)18-10-15(22)20-19-9-11-4-3-5-12(21)8-11/h1-9,21H,10H2,(H,18,23)(H,20,22)/b19-9-. The maximum atomic E-state index is 11.9. The van der Waals surface area contributed by atoms with E-state index < -0.39 is 11.8 Å². The van der Waals surface area contributed by atoms with Crippen molar-refractivity contribution in [3.05, 3.63) is 64.7 Å². The number of amides is 2. The number of phenols is 1. The summed E-state index contributed by atoms with van der Waals surface area (Å²) in [6.45, 7) is -0.235. The first-order valence-corrected chi connectivity index (χ1v) is 7.08. The molecule has 0 saturated carbocycles. The number of aromatic hydroxyl groups is 1. The van der Waals surface area contributed by atoms with Gasteiger partial charge in [0.1, 0.15) is 5.75 Å². The number of hydrogen-bond acceptors (Lipinski definition) is 4. The summed E-state index contributed by atoms with van der Waals surface area (Å²) < 4.78 is 0. The summed E-state index contributed by atoms with van der Waals surface area (Å²) in [5.74, 6) is -0.822. The Bertz CT molecular complexity index is 747. The number of hydrogen-bond donors (Lipinski definition) is 3. The second kappa shape index (κ2) is 7.95. The first-order valence-electron chi connectivity index (χ1n) is 6.70. The van der Waals surface area contributed by atoms with Crippen LogP contribution in [0.5, 0.6) is 5.75 Å². The first-order chi connectivity index (χ1) is 11.1. The molecule has 23 heavy (non-hydrogen) atoms. The lowest BCUT2D eigenvalue weighted by molar-refractivity contribution is -0.120. The molecule has 0 atom stereocenters. The van der Waals surface area contributed by atoms with Crippen LogP contribution >= 0.6 is 11.6 Å². The van der Waals surface area contributed by atoms with E-state index in [-0.39, 0.29) is 12.3 Å². The van der Waals surface area contributed by atoms with Gasteiger partial charge in [0.15, 0.2) is 0 Å². The summed E-state index contributed by atoms with van der Waals surface area (Å²) in [4.78, 5) is 23.5. The summed E-state index contributed by atoms with van der Waals surface area (Å²) in [6, 6.07) is 12.9. The number of carbonyl (C=O) groups excluding carboxylic acids is 2. The number of benzene rings is 2. The van der Waals surface area contributed by atoms with Gasteiger partial charge in [-0.25, -0.2) is 5.43 Å². The van der Waals surface area contributed by atoms with Crippen molar-refractivity contribution >= 4 is 29.6 Å². The fourth-order valence-electron chi connectivity index (χ4n) is 1.72. The zero-order valence-corrected chi connectivity index (χ0v) is 12.7. The maximum absolute atomic E-state index is 11.9. The third-order valence-corrected chi connectivity index (χ3v) is 3.13. The van der Waals surface area contributed by atoms with Crippen molar-refractivity contribution in [3.63, 3.8) is 0 Å². The van der Waals surface area contributed by atoms with Crippen LogP contribution < -0.4 is 10.7 Å². The lowest BCUT2D eigenvalue weighted by Crippen LogP contribution is -2.35. The van der Waals surface area contributed by atoms with Crippen LogP contribution in [0.3, 0.4) is 0 Å². The fraction of sp³-hybridized carbons (Fsp3) is 0.0625. The number of carbonyl (C=O) groups is 2. The first kappa shape index (κ1) is 16.5.